The number of carbonyl (C=O) groups excluding carboxylic acids is 2. The average molecular weight is 576 g/mol. The fraction of sp³-hybridized carbons (Fsp3) is 0.240. The van der Waals surface area contributed by atoms with E-state index in [2.05, 4.69) is 15.6 Å². The molecule has 0 spiro atoms. The number of nitrogens with one attached hydrogen (secondary N) is 2. The molecule has 1 fully saturated rings. The summed E-state index contributed by atoms with van der Waals surface area (Å²) in [5.41, 5.74) is 0.717. The van der Waals surface area contributed by atoms with Gasteiger partial charge in [0.25, 0.3) is 0 Å². The molecule has 1 aliphatic heterocycles. The van der Waals surface area contributed by atoms with Gasteiger partial charge in [-0.3, -0.25) is 0 Å². The number of nitrogens with zero attached hydrogens (tertiary/aromatic N) is 1. The molecule has 0 radical (unpaired) electrons. The van der Waals surface area contributed by atoms with E-state index in [1.165, 1.54) is 24.4 Å². The molecule has 6 nitrogen and oxygen atoms in total. The number of amides is 1. The number of anilines is 1. The van der Waals surface area contributed by atoms with Crippen molar-refractivity contribution >= 4 is 59.8 Å². The zero-order chi connectivity index (χ0) is 24.8. The second kappa shape index (κ2) is 12.0. The fourth-order valence-electron chi connectivity index (χ4n) is 3.65. The number of pyridine rings is 1. The molecule has 10 heteroatoms. The Morgan fingerprint density at radius 3 is 2.63 bits per heavy atom. The zero-order valence-electron chi connectivity index (χ0n) is 18.9. The van der Waals surface area contributed by atoms with Crippen LogP contribution in [-0.4, -0.2) is 56.7 Å². The summed E-state index contributed by atoms with van der Waals surface area (Å²) in [5, 5.41) is 6.43. The van der Waals surface area contributed by atoms with Gasteiger partial charge in [0.05, 0.1) is 0 Å². The number of halogens is 2. The number of aromatic nitrogens is 1. The summed E-state index contributed by atoms with van der Waals surface area (Å²) in [6, 6.07) is 12.6. The van der Waals surface area contributed by atoms with Crippen LogP contribution in [0.5, 0.6) is 5.75 Å². The number of carbonyl (C=O) groups is 2. The van der Waals surface area contributed by atoms with Crippen LogP contribution in [-0.2, 0) is 0 Å². The second-order valence-corrected chi connectivity index (χ2v) is 11.8. The molecule has 2 heterocycles. The van der Waals surface area contributed by atoms with E-state index in [1.807, 2.05) is 18.4 Å². The first-order chi connectivity index (χ1) is 16.9. The fourth-order valence-corrected chi connectivity index (χ4v) is 6.55. The Bertz CT molecular complexity index is 1220. The third kappa shape index (κ3) is 6.85. The molecule has 35 heavy (non-hydrogen) atoms. The number of piperidine rings is 1. The first kappa shape index (κ1) is 25.7. The second-order valence-electron chi connectivity index (χ2n) is 7.89. The first-order valence-electron chi connectivity index (χ1n) is 11.0. The molecular formula is C25H24AsClFN3O3S. The molecule has 2 aromatic carbocycles. The van der Waals surface area contributed by atoms with Crippen LogP contribution >= 0.6 is 23.4 Å². The molecule has 1 aromatic heterocycles. The van der Waals surface area contributed by atoms with Crippen molar-refractivity contribution < 1.29 is 18.7 Å². The van der Waals surface area contributed by atoms with Crippen LogP contribution in [0.1, 0.15) is 33.6 Å². The maximum atomic E-state index is 14.1. The summed E-state index contributed by atoms with van der Waals surface area (Å²) in [6.45, 7) is 1.74. The van der Waals surface area contributed by atoms with E-state index in [0.29, 0.717) is 26.5 Å². The standard InChI is InChI=1S/C25H24AsClFN3O3S/c1-35-18-4-6-20(22(13-18)34-17-8-10-29-11-9-17)24(32)26-21-12-16(28)3-5-19(21)25(33)31-23-7-2-15(27)14-30-23/h2-7,12-14,17,26,29H,8-11H2,1H3,(H,30,31,33). The Balaban J connectivity index is 1.58. The van der Waals surface area contributed by atoms with Crippen molar-refractivity contribution in [2.75, 3.05) is 24.7 Å². The summed E-state index contributed by atoms with van der Waals surface area (Å²) in [6.07, 6.45) is 5.14. The number of thioether (sulfide) groups is 1. The predicted octanol–water partition coefficient (Wildman–Crippen LogP) is 3.88. The van der Waals surface area contributed by atoms with Crippen LogP contribution in [0.15, 0.2) is 59.6 Å². The predicted molar refractivity (Wildman–Crippen MR) is 139 cm³/mol. The Morgan fingerprint density at radius 1 is 1.14 bits per heavy atom. The Kier molecular flexibility index (Phi) is 8.84. The topological polar surface area (TPSA) is 80.3 Å². The Hall–Kier alpha value is -2.38. The van der Waals surface area contributed by atoms with Gasteiger partial charge in [0.2, 0.25) is 0 Å². The molecule has 1 saturated heterocycles. The van der Waals surface area contributed by atoms with Gasteiger partial charge in [-0.05, 0) is 0 Å². The van der Waals surface area contributed by atoms with E-state index in [9.17, 15) is 14.0 Å². The monoisotopic (exact) mass is 575 g/mol. The van der Waals surface area contributed by atoms with Crippen LogP contribution in [0.25, 0.3) is 0 Å². The van der Waals surface area contributed by atoms with Crippen molar-refractivity contribution in [1.82, 2.24) is 10.3 Å². The van der Waals surface area contributed by atoms with Gasteiger partial charge in [-0.25, -0.2) is 0 Å². The molecule has 1 atom stereocenters. The van der Waals surface area contributed by atoms with Crippen LogP contribution in [0.2, 0.25) is 5.02 Å². The average Bonchev–Trinajstić information content (AvgIpc) is 2.86. The molecule has 182 valence electrons. The summed E-state index contributed by atoms with van der Waals surface area (Å²) in [4.78, 5) is 31.4. The first-order valence-corrected chi connectivity index (χ1v) is 14.7. The van der Waals surface area contributed by atoms with Gasteiger partial charge in [0.15, 0.2) is 0 Å². The van der Waals surface area contributed by atoms with Gasteiger partial charge in [0, 0.05) is 0 Å². The molecule has 3 aromatic rings. The van der Waals surface area contributed by atoms with Crippen molar-refractivity contribution in [2.24, 2.45) is 0 Å². The molecule has 1 unspecified atom stereocenters. The molecular weight excluding hydrogens is 552 g/mol. The number of rotatable bonds is 8. The van der Waals surface area contributed by atoms with Crippen LogP contribution in [0, 0.1) is 5.82 Å². The van der Waals surface area contributed by atoms with Crippen molar-refractivity contribution in [3.05, 3.63) is 76.7 Å². The number of hydrogen-bond acceptors (Lipinski definition) is 6. The normalized spacial score (nSPS) is 14.3. The maximum absolute atomic E-state index is 14.1. The van der Waals surface area contributed by atoms with E-state index in [-0.39, 0.29) is 16.2 Å². The molecule has 1 aliphatic rings. The minimum atomic E-state index is -1.57. The Morgan fingerprint density at radius 2 is 1.91 bits per heavy atom. The molecule has 1 amide bonds. The molecule has 0 saturated carbocycles. The van der Waals surface area contributed by atoms with Crippen molar-refractivity contribution in [3.8, 4) is 5.75 Å². The third-order valence-electron chi connectivity index (χ3n) is 5.46. The van der Waals surface area contributed by atoms with E-state index >= 15 is 0 Å². The van der Waals surface area contributed by atoms with E-state index in [1.54, 1.807) is 30.0 Å². The van der Waals surface area contributed by atoms with E-state index in [4.69, 9.17) is 16.3 Å². The van der Waals surface area contributed by atoms with E-state index < -0.39 is 27.5 Å². The van der Waals surface area contributed by atoms with Gasteiger partial charge in [-0.15, -0.1) is 0 Å². The molecule has 0 aliphatic carbocycles. The van der Waals surface area contributed by atoms with Crippen molar-refractivity contribution in [2.45, 2.75) is 23.8 Å². The number of ether oxygens (including phenoxy) is 1. The number of benzene rings is 2. The summed E-state index contributed by atoms with van der Waals surface area (Å²) in [7, 11) is 0. The summed E-state index contributed by atoms with van der Waals surface area (Å²) >= 11 is 5.85. The SMILES string of the molecule is CSc1ccc(C(=O)[AsH]c2cc(F)ccc2C(=O)Nc2ccc(Cl)cn2)c(OC2CCNCC2)c1. The summed E-state index contributed by atoms with van der Waals surface area (Å²) < 4.78 is 20.7. The van der Waals surface area contributed by atoms with Crippen LogP contribution in [0.3, 0.4) is 0 Å². The molecule has 0 bridgehead atoms. The van der Waals surface area contributed by atoms with Gasteiger partial charge in [0.1, 0.15) is 0 Å². The summed E-state index contributed by atoms with van der Waals surface area (Å²) in [5.74, 6) is -0.103. The quantitative estimate of drug-likeness (QED) is 0.314. The van der Waals surface area contributed by atoms with E-state index in [0.717, 1.165) is 30.8 Å². The molecule has 4 rings (SSSR count). The third-order valence-corrected chi connectivity index (χ3v) is 8.88. The zero-order valence-corrected chi connectivity index (χ0v) is 22.6. The number of hydrogen-bond donors (Lipinski definition) is 2. The minimum absolute atomic E-state index is 0.0299. The molecule has 2 N–H and O–H groups in total. The van der Waals surface area contributed by atoms with Gasteiger partial charge >= 0.3 is 220 Å². The van der Waals surface area contributed by atoms with Crippen LogP contribution in [0.4, 0.5) is 10.2 Å². The van der Waals surface area contributed by atoms with Gasteiger partial charge in [-0.1, -0.05) is 0 Å². The van der Waals surface area contributed by atoms with Gasteiger partial charge < -0.3 is 0 Å². The van der Waals surface area contributed by atoms with Crippen molar-refractivity contribution in [3.63, 3.8) is 0 Å². The van der Waals surface area contributed by atoms with Crippen LogP contribution < -0.4 is 19.7 Å². The Labute approximate surface area is 219 Å². The van der Waals surface area contributed by atoms with Crippen molar-refractivity contribution in [1.29, 1.82) is 0 Å². The van der Waals surface area contributed by atoms with Gasteiger partial charge in [-0.2, -0.15) is 0 Å².